The van der Waals surface area contributed by atoms with Crippen molar-refractivity contribution in [1.82, 2.24) is 5.32 Å². The van der Waals surface area contributed by atoms with Crippen LogP contribution in [0.4, 0.5) is 8.78 Å². The Balaban J connectivity index is 1.83. The molecule has 0 bridgehead atoms. The van der Waals surface area contributed by atoms with Gasteiger partial charge in [-0.2, -0.15) is 0 Å². The number of carbonyl (C=O) groups excluding carboxylic acids is 2. The minimum atomic E-state index is -1.00. The van der Waals surface area contributed by atoms with Crippen LogP contribution < -0.4 is 5.32 Å². The molecule has 2 rings (SSSR count). The van der Waals surface area contributed by atoms with E-state index in [1.165, 1.54) is 0 Å². The van der Waals surface area contributed by atoms with E-state index in [2.05, 4.69) is 5.32 Å². The molecule has 0 aliphatic rings. The Morgan fingerprint density at radius 3 is 2.61 bits per heavy atom. The number of carbonyl (C=O) groups is 2. The second-order valence-electron chi connectivity index (χ2n) is 4.60. The maximum absolute atomic E-state index is 13.4. The largest absolute Gasteiger partial charge is 0.460 e. The van der Waals surface area contributed by atoms with Crippen molar-refractivity contribution in [2.24, 2.45) is 0 Å². The van der Waals surface area contributed by atoms with E-state index in [1.54, 1.807) is 24.3 Å². The molecule has 2 aromatic rings. The summed E-state index contributed by atoms with van der Waals surface area (Å²) in [6.45, 7) is -0.434. The highest BCUT2D eigenvalue weighted by Gasteiger charge is 2.14. The molecule has 0 aliphatic carbocycles. The summed E-state index contributed by atoms with van der Waals surface area (Å²) in [6.07, 6.45) is 0. The third-order valence-corrected chi connectivity index (χ3v) is 3.09. The molecule has 7 heteroatoms. The fraction of sp³-hybridized carbons (Fsp3) is 0.125. The van der Waals surface area contributed by atoms with Crippen LogP contribution >= 0.6 is 11.6 Å². The smallest absolute Gasteiger partial charge is 0.325 e. The molecule has 1 N–H and O–H groups in total. The van der Waals surface area contributed by atoms with Gasteiger partial charge in [-0.15, -0.1) is 0 Å². The highest BCUT2D eigenvalue weighted by atomic mass is 35.5. The van der Waals surface area contributed by atoms with Gasteiger partial charge in [-0.1, -0.05) is 23.7 Å². The lowest BCUT2D eigenvalue weighted by Crippen LogP contribution is -2.31. The van der Waals surface area contributed by atoms with Gasteiger partial charge in [-0.05, 0) is 29.8 Å². The summed E-state index contributed by atoms with van der Waals surface area (Å²) in [7, 11) is 0. The molecular weight excluding hydrogens is 328 g/mol. The molecule has 120 valence electrons. The van der Waals surface area contributed by atoms with E-state index in [9.17, 15) is 18.4 Å². The van der Waals surface area contributed by atoms with Gasteiger partial charge in [-0.3, -0.25) is 9.59 Å². The van der Waals surface area contributed by atoms with E-state index < -0.39 is 30.1 Å². The Labute approximate surface area is 136 Å². The average Bonchev–Trinajstić information content (AvgIpc) is 2.50. The Kier molecular flexibility index (Phi) is 5.65. The topological polar surface area (TPSA) is 55.4 Å². The standard InChI is InChI=1S/C16H12ClF2NO3/c17-11-3-1-2-10(6-11)9-23-15(21)8-20-16(22)13-5-4-12(18)7-14(13)19/h1-7H,8-9H2,(H,20,22). The van der Waals surface area contributed by atoms with Gasteiger partial charge in [0.2, 0.25) is 0 Å². The summed E-state index contributed by atoms with van der Waals surface area (Å²) in [5.41, 5.74) is 0.343. The van der Waals surface area contributed by atoms with Crippen LogP contribution in [0.3, 0.4) is 0 Å². The number of amides is 1. The highest BCUT2D eigenvalue weighted by Crippen LogP contribution is 2.11. The van der Waals surface area contributed by atoms with Crippen LogP contribution in [-0.2, 0) is 16.1 Å². The van der Waals surface area contributed by atoms with Crippen molar-refractivity contribution >= 4 is 23.5 Å². The van der Waals surface area contributed by atoms with Crippen LogP contribution in [0.1, 0.15) is 15.9 Å². The summed E-state index contributed by atoms with van der Waals surface area (Å²) < 4.78 is 31.1. The van der Waals surface area contributed by atoms with Gasteiger partial charge in [0.1, 0.15) is 24.8 Å². The van der Waals surface area contributed by atoms with Gasteiger partial charge in [0.25, 0.3) is 5.91 Å². The van der Waals surface area contributed by atoms with Crippen LogP contribution in [0, 0.1) is 11.6 Å². The average molecular weight is 340 g/mol. The maximum atomic E-state index is 13.4. The molecule has 0 unspecified atom stereocenters. The molecule has 4 nitrogen and oxygen atoms in total. The fourth-order valence-corrected chi connectivity index (χ4v) is 1.98. The predicted octanol–water partition coefficient (Wildman–Crippen LogP) is 3.09. The second-order valence-corrected chi connectivity index (χ2v) is 5.03. The molecular formula is C16H12ClF2NO3. The van der Waals surface area contributed by atoms with Gasteiger partial charge in [-0.25, -0.2) is 8.78 Å². The zero-order valence-corrected chi connectivity index (χ0v) is 12.6. The monoisotopic (exact) mass is 339 g/mol. The Hall–Kier alpha value is -2.47. The van der Waals surface area contributed by atoms with Crippen LogP contribution in [-0.4, -0.2) is 18.4 Å². The van der Waals surface area contributed by atoms with Crippen molar-refractivity contribution in [3.63, 3.8) is 0 Å². The van der Waals surface area contributed by atoms with E-state index in [0.717, 1.165) is 12.1 Å². The van der Waals surface area contributed by atoms with Gasteiger partial charge in [0.15, 0.2) is 0 Å². The molecule has 0 radical (unpaired) electrons. The fourth-order valence-electron chi connectivity index (χ4n) is 1.76. The van der Waals surface area contributed by atoms with Gasteiger partial charge in [0.05, 0.1) is 5.56 Å². The molecule has 0 fully saturated rings. The zero-order chi connectivity index (χ0) is 16.8. The van der Waals surface area contributed by atoms with Gasteiger partial charge in [0, 0.05) is 11.1 Å². The Morgan fingerprint density at radius 2 is 1.91 bits per heavy atom. The van der Waals surface area contributed by atoms with Crippen LogP contribution in [0.2, 0.25) is 5.02 Å². The summed E-state index contributed by atoms with van der Waals surface area (Å²) >= 11 is 5.80. The molecule has 0 atom stereocenters. The van der Waals surface area contributed by atoms with Crippen molar-refractivity contribution in [2.45, 2.75) is 6.61 Å². The number of ether oxygens (including phenoxy) is 1. The maximum Gasteiger partial charge on any atom is 0.325 e. The molecule has 2 aromatic carbocycles. The third-order valence-electron chi connectivity index (χ3n) is 2.86. The van der Waals surface area contributed by atoms with Crippen LogP contribution in [0.25, 0.3) is 0 Å². The number of nitrogens with one attached hydrogen (secondary N) is 1. The minimum absolute atomic E-state index is 0.000172. The number of hydrogen-bond acceptors (Lipinski definition) is 3. The van der Waals surface area contributed by atoms with E-state index in [-0.39, 0.29) is 12.2 Å². The third kappa shape index (κ3) is 5.03. The molecule has 0 saturated heterocycles. The first kappa shape index (κ1) is 16.9. The first-order chi connectivity index (χ1) is 11.0. The summed E-state index contributed by atoms with van der Waals surface area (Å²) in [4.78, 5) is 23.3. The van der Waals surface area contributed by atoms with Crippen molar-refractivity contribution in [1.29, 1.82) is 0 Å². The number of rotatable bonds is 5. The number of halogens is 3. The summed E-state index contributed by atoms with van der Waals surface area (Å²) in [5.74, 6) is -3.32. The molecule has 1 amide bonds. The minimum Gasteiger partial charge on any atom is -0.460 e. The number of esters is 1. The molecule has 0 aliphatic heterocycles. The number of hydrogen-bond donors (Lipinski definition) is 1. The van der Waals surface area contributed by atoms with E-state index in [0.29, 0.717) is 16.7 Å². The number of benzene rings is 2. The quantitative estimate of drug-likeness (QED) is 0.852. The van der Waals surface area contributed by atoms with Gasteiger partial charge < -0.3 is 10.1 Å². The lowest BCUT2D eigenvalue weighted by Gasteiger charge is -2.07. The zero-order valence-electron chi connectivity index (χ0n) is 11.8. The SMILES string of the molecule is O=C(CNC(=O)c1ccc(F)cc1F)OCc1cccc(Cl)c1. The van der Waals surface area contributed by atoms with Crippen LogP contribution in [0.5, 0.6) is 0 Å². The van der Waals surface area contributed by atoms with Crippen LogP contribution in [0.15, 0.2) is 42.5 Å². The van der Waals surface area contributed by atoms with E-state index >= 15 is 0 Å². The van der Waals surface area contributed by atoms with E-state index in [4.69, 9.17) is 16.3 Å². The van der Waals surface area contributed by atoms with Gasteiger partial charge >= 0.3 is 5.97 Å². The lowest BCUT2D eigenvalue weighted by atomic mass is 10.2. The lowest BCUT2D eigenvalue weighted by molar-refractivity contribution is -0.143. The normalized spacial score (nSPS) is 10.2. The molecule has 0 heterocycles. The summed E-state index contributed by atoms with van der Waals surface area (Å²) in [6, 6.07) is 9.31. The second kappa shape index (κ2) is 7.69. The molecule has 0 saturated carbocycles. The van der Waals surface area contributed by atoms with Crippen molar-refractivity contribution in [2.75, 3.05) is 6.54 Å². The molecule has 23 heavy (non-hydrogen) atoms. The van der Waals surface area contributed by atoms with E-state index in [1.807, 2.05) is 0 Å². The molecule has 0 aromatic heterocycles. The molecule has 0 spiro atoms. The van der Waals surface area contributed by atoms with Crippen molar-refractivity contribution in [3.8, 4) is 0 Å². The van der Waals surface area contributed by atoms with Crippen molar-refractivity contribution < 1.29 is 23.1 Å². The van der Waals surface area contributed by atoms with Crippen molar-refractivity contribution in [3.05, 3.63) is 70.2 Å². The highest BCUT2D eigenvalue weighted by molar-refractivity contribution is 6.30. The Morgan fingerprint density at radius 1 is 1.13 bits per heavy atom. The summed E-state index contributed by atoms with van der Waals surface area (Å²) in [5, 5.41) is 2.72. The first-order valence-corrected chi connectivity index (χ1v) is 6.97. The predicted molar refractivity (Wildman–Crippen MR) is 79.9 cm³/mol. The Bertz CT molecular complexity index is 737. The first-order valence-electron chi connectivity index (χ1n) is 6.59.